The summed E-state index contributed by atoms with van der Waals surface area (Å²) in [6, 6.07) is 1.10. The molecule has 4 heterocycles. The number of carbonyl (C=O) groups excluding carboxylic acids is 4. The summed E-state index contributed by atoms with van der Waals surface area (Å²) in [5.74, 6) is -4.62. The molecule has 3 aliphatic heterocycles. The fourth-order valence-electron chi connectivity index (χ4n) is 8.49. The fraction of sp³-hybridized carbons (Fsp3) is 0.806. The van der Waals surface area contributed by atoms with Crippen LogP contribution in [0, 0.1) is 29.6 Å². The number of cyclic esters (lactones) is 1. The van der Waals surface area contributed by atoms with Crippen LogP contribution in [0.2, 0.25) is 0 Å². The first-order chi connectivity index (χ1) is 22.9. The van der Waals surface area contributed by atoms with Gasteiger partial charge in [0.15, 0.2) is 17.7 Å². The molecule has 0 aromatic carbocycles. The molecule has 0 aliphatic carbocycles. The van der Waals surface area contributed by atoms with Gasteiger partial charge in [0.1, 0.15) is 24.5 Å². The summed E-state index contributed by atoms with van der Waals surface area (Å²) >= 11 is 0. The number of aromatic nitrogens is 2. The van der Waals surface area contributed by atoms with E-state index in [1.165, 1.54) is 11.8 Å². The molecular weight excluding hydrogens is 632 g/mol. The van der Waals surface area contributed by atoms with Crippen LogP contribution in [-0.2, 0) is 44.7 Å². The second kappa shape index (κ2) is 15.2. The summed E-state index contributed by atoms with van der Waals surface area (Å²) in [5, 5.41) is 4.26. The first-order valence-corrected chi connectivity index (χ1v) is 17.7. The van der Waals surface area contributed by atoms with Gasteiger partial charge < -0.3 is 28.6 Å². The average molecular weight is 691 g/mol. The van der Waals surface area contributed by atoms with Gasteiger partial charge in [0.25, 0.3) is 0 Å². The van der Waals surface area contributed by atoms with Crippen molar-refractivity contribution in [3.05, 3.63) is 18.5 Å². The number of ketones is 2. The monoisotopic (exact) mass is 690 g/mol. The van der Waals surface area contributed by atoms with Crippen molar-refractivity contribution in [3.63, 3.8) is 0 Å². The van der Waals surface area contributed by atoms with E-state index >= 15 is 0 Å². The molecule has 0 saturated carbocycles. The minimum Gasteiger partial charge on any atom is -0.458 e. The first-order valence-electron chi connectivity index (χ1n) is 17.7. The highest BCUT2D eigenvalue weighted by atomic mass is 16.7. The molecule has 0 radical (unpaired) electrons. The number of fused-ring (bicyclic) bond motifs is 1. The number of rotatable bonds is 7. The molecule has 49 heavy (non-hydrogen) atoms. The molecule has 13 atom stereocenters. The topological polar surface area (TPSA) is 139 Å². The van der Waals surface area contributed by atoms with Gasteiger partial charge in [-0.2, -0.15) is 5.10 Å². The van der Waals surface area contributed by atoms with Crippen LogP contribution in [0.15, 0.2) is 18.5 Å². The van der Waals surface area contributed by atoms with Gasteiger partial charge in [0.05, 0.1) is 23.9 Å². The third kappa shape index (κ3) is 7.60. The van der Waals surface area contributed by atoms with Crippen LogP contribution in [-0.4, -0.2) is 112 Å². The molecule has 0 bridgehead atoms. The molecular formula is C36H58N4O9. The first kappa shape index (κ1) is 38.9. The second-order valence-corrected chi connectivity index (χ2v) is 15.2. The molecule has 3 saturated heterocycles. The summed E-state index contributed by atoms with van der Waals surface area (Å²) < 4.78 is 33.0. The maximum atomic E-state index is 14.5. The molecule has 1 amide bonds. The van der Waals surface area contributed by atoms with Crippen LogP contribution in [0.25, 0.3) is 0 Å². The van der Waals surface area contributed by atoms with Crippen LogP contribution < -0.4 is 0 Å². The SMILES string of the molecule is CC[C@H]1OC(=O)C(C)C(=O)[C@H](C)[C@@H](O[C@@H]2O[C@H](C)C[C@H](N(C)C)[C@H]2C)[C@](C)(OC)C[C@@H](C)C(=O)[C@H](C)[C@H]2N(Cn3cccn3)C(=O)O[C@]12C. The standard InChI is InChI=1S/C36H58N4O9/c1-13-27-36(9)30(40(34(44)49-36)19-39-16-14-15-37-39)23(5)28(41)20(2)18-35(8,45-12)31(24(6)29(42)25(7)32(43)47-27)48-33-22(4)26(38(10)11)17-21(3)46-33/h14-16,20-27,30-31,33H,13,17-19H2,1-12H3/t20-,21-,22-,23+,24+,25?,26+,27-,30-,31-,33+,35-,36-/m1/s1. The van der Waals surface area contributed by atoms with Crippen LogP contribution >= 0.6 is 0 Å². The van der Waals surface area contributed by atoms with Gasteiger partial charge in [-0.3, -0.25) is 24.0 Å². The van der Waals surface area contributed by atoms with E-state index in [2.05, 4.69) is 16.9 Å². The van der Waals surface area contributed by atoms with E-state index in [9.17, 15) is 19.2 Å². The number of esters is 1. The van der Waals surface area contributed by atoms with E-state index < -0.39 is 71.5 Å². The van der Waals surface area contributed by atoms with Crippen LogP contribution in [0.5, 0.6) is 0 Å². The number of hydrogen-bond donors (Lipinski definition) is 0. The van der Waals surface area contributed by atoms with Crippen molar-refractivity contribution in [2.24, 2.45) is 29.6 Å². The van der Waals surface area contributed by atoms with E-state index in [1.807, 2.05) is 41.8 Å². The number of methoxy groups -OCH3 is 1. The second-order valence-electron chi connectivity index (χ2n) is 15.2. The normalized spacial score (nSPS) is 41.3. The summed E-state index contributed by atoms with van der Waals surface area (Å²) in [6.45, 7) is 16.3. The largest absolute Gasteiger partial charge is 0.458 e. The van der Waals surface area contributed by atoms with E-state index in [4.69, 9.17) is 23.7 Å². The van der Waals surface area contributed by atoms with E-state index in [1.54, 1.807) is 51.0 Å². The third-order valence-corrected chi connectivity index (χ3v) is 11.4. The lowest BCUT2D eigenvalue weighted by atomic mass is 9.73. The van der Waals surface area contributed by atoms with E-state index in [0.717, 1.165) is 6.42 Å². The predicted molar refractivity (Wildman–Crippen MR) is 180 cm³/mol. The van der Waals surface area contributed by atoms with Gasteiger partial charge in [0, 0.05) is 49.2 Å². The minimum absolute atomic E-state index is 0.0342. The smallest absolute Gasteiger partial charge is 0.412 e. The Balaban J connectivity index is 1.79. The van der Waals surface area contributed by atoms with Gasteiger partial charge in [-0.15, -0.1) is 0 Å². The fourth-order valence-corrected chi connectivity index (χ4v) is 8.49. The van der Waals surface area contributed by atoms with Crippen molar-refractivity contribution in [3.8, 4) is 0 Å². The molecule has 3 aliphatic rings. The molecule has 1 aromatic heterocycles. The molecule has 276 valence electrons. The maximum Gasteiger partial charge on any atom is 0.412 e. The van der Waals surface area contributed by atoms with Gasteiger partial charge in [-0.25, -0.2) is 4.79 Å². The van der Waals surface area contributed by atoms with Gasteiger partial charge in [-0.05, 0) is 67.1 Å². The number of carbonyl (C=O) groups is 4. The molecule has 3 fully saturated rings. The minimum atomic E-state index is -1.40. The Hall–Kier alpha value is -2.87. The number of hydrogen-bond acceptors (Lipinski definition) is 11. The lowest BCUT2D eigenvalue weighted by Crippen LogP contribution is -2.59. The van der Waals surface area contributed by atoms with Crippen molar-refractivity contribution in [2.45, 2.75) is 136 Å². The number of Topliss-reactive ketones (excluding diaryl/α,β-unsaturated/α-hetero) is 2. The lowest BCUT2D eigenvalue weighted by molar-refractivity contribution is -0.280. The third-order valence-electron chi connectivity index (χ3n) is 11.4. The molecule has 0 spiro atoms. The van der Waals surface area contributed by atoms with Gasteiger partial charge in [0.2, 0.25) is 0 Å². The Labute approximate surface area is 291 Å². The summed E-state index contributed by atoms with van der Waals surface area (Å²) in [6.07, 6.45) is 1.41. The lowest BCUT2D eigenvalue weighted by Gasteiger charge is -2.47. The Morgan fingerprint density at radius 2 is 1.69 bits per heavy atom. The van der Waals surface area contributed by atoms with Gasteiger partial charge >= 0.3 is 12.1 Å². The molecule has 4 rings (SSSR count). The van der Waals surface area contributed by atoms with Crippen molar-refractivity contribution in [1.29, 1.82) is 0 Å². The molecule has 13 nitrogen and oxygen atoms in total. The van der Waals surface area contributed by atoms with Crippen LogP contribution in [0.1, 0.15) is 81.6 Å². The van der Waals surface area contributed by atoms with Crippen LogP contribution in [0.3, 0.4) is 0 Å². The zero-order chi connectivity index (χ0) is 36.6. The Bertz CT molecular complexity index is 1340. The molecule has 1 aromatic rings. The van der Waals surface area contributed by atoms with Gasteiger partial charge in [-0.1, -0.05) is 34.6 Å². The Kier molecular flexibility index (Phi) is 12.0. The molecule has 13 heteroatoms. The highest BCUT2D eigenvalue weighted by Crippen LogP contribution is 2.43. The summed E-state index contributed by atoms with van der Waals surface area (Å²) in [5.41, 5.74) is -2.55. The quantitative estimate of drug-likeness (QED) is 0.299. The van der Waals surface area contributed by atoms with E-state index in [-0.39, 0.29) is 49.1 Å². The number of nitrogens with zero attached hydrogens (tertiary/aromatic N) is 4. The van der Waals surface area contributed by atoms with Crippen molar-refractivity contribution in [2.75, 3.05) is 21.2 Å². The Morgan fingerprint density at radius 1 is 1.02 bits per heavy atom. The zero-order valence-electron chi connectivity index (χ0n) is 31.4. The summed E-state index contributed by atoms with van der Waals surface area (Å²) in [7, 11) is 5.60. The predicted octanol–water partition coefficient (Wildman–Crippen LogP) is 4.32. The highest BCUT2D eigenvalue weighted by molar-refractivity contribution is 6.00. The van der Waals surface area contributed by atoms with Crippen molar-refractivity contribution >= 4 is 23.6 Å². The Morgan fingerprint density at radius 3 is 2.27 bits per heavy atom. The maximum absolute atomic E-state index is 14.5. The van der Waals surface area contributed by atoms with Crippen molar-refractivity contribution in [1.82, 2.24) is 19.6 Å². The van der Waals surface area contributed by atoms with Crippen molar-refractivity contribution < 1.29 is 42.9 Å². The molecule has 1 unspecified atom stereocenters. The van der Waals surface area contributed by atoms with E-state index in [0.29, 0.717) is 0 Å². The zero-order valence-corrected chi connectivity index (χ0v) is 31.4. The number of amides is 1. The summed E-state index contributed by atoms with van der Waals surface area (Å²) in [4.78, 5) is 59.7. The molecule has 0 N–H and O–H groups in total. The average Bonchev–Trinajstić information content (AvgIpc) is 3.66. The highest BCUT2D eigenvalue weighted by Gasteiger charge is 2.60. The van der Waals surface area contributed by atoms with Crippen LogP contribution in [0.4, 0.5) is 4.79 Å². The number of ether oxygens (including phenoxy) is 5.